The lowest BCUT2D eigenvalue weighted by molar-refractivity contribution is 0.111. The average Bonchev–Trinajstić information content (AvgIpc) is 2.40. The molecular formula is C13H20ClN3O. The summed E-state index contributed by atoms with van der Waals surface area (Å²) in [5, 5.41) is 3.82. The Morgan fingerprint density at radius 1 is 1.44 bits per heavy atom. The lowest BCUT2D eigenvalue weighted by atomic mass is 10.0. The van der Waals surface area contributed by atoms with Crippen molar-refractivity contribution in [2.24, 2.45) is 0 Å². The largest absolute Gasteiger partial charge is 0.375 e. The molecule has 1 N–H and O–H groups in total. The first-order valence-electron chi connectivity index (χ1n) is 6.63. The van der Waals surface area contributed by atoms with Gasteiger partial charge in [0, 0.05) is 18.8 Å². The van der Waals surface area contributed by atoms with Crippen LogP contribution in [0.4, 0.5) is 0 Å². The monoisotopic (exact) mass is 269 g/mol. The molecule has 1 fully saturated rings. The highest BCUT2D eigenvalue weighted by atomic mass is 35.5. The molecule has 1 aliphatic heterocycles. The molecule has 2 rings (SSSR count). The van der Waals surface area contributed by atoms with Gasteiger partial charge in [0.25, 0.3) is 0 Å². The van der Waals surface area contributed by atoms with Gasteiger partial charge < -0.3 is 10.1 Å². The van der Waals surface area contributed by atoms with Crippen molar-refractivity contribution in [1.29, 1.82) is 0 Å². The molecule has 1 saturated heterocycles. The third-order valence-electron chi connectivity index (χ3n) is 3.19. The van der Waals surface area contributed by atoms with Crippen LogP contribution in [0.5, 0.6) is 0 Å². The quantitative estimate of drug-likeness (QED) is 0.637. The Hall–Kier alpha value is -0.710. The zero-order chi connectivity index (χ0) is 12.6. The zero-order valence-electron chi connectivity index (χ0n) is 10.6. The smallest absolute Gasteiger partial charge is 0.222 e. The lowest BCUT2D eigenvalue weighted by Crippen LogP contribution is -2.33. The van der Waals surface area contributed by atoms with Crippen molar-refractivity contribution >= 4 is 11.6 Å². The van der Waals surface area contributed by atoms with Crippen molar-refractivity contribution in [1.82, 2.24) is 15.3 Å². The topological polar surface area (TPSA) is 47.0 Å². The van der Waals surface area contributed by atoms with Crippen LogP contribution in [0, 0.1) is 0 Å². The van der Waals surface area contributed by atoms with Gasteiger partial charge in [-0.1, -0.05) is 6.42 Å². The standard InChI is InChI=1S/C13H20ClN3O/c14-13-16-8-6-12(17-13)10-18-9-3-5-11-4-1-2-7-15-11/h6,8,11,15H,1-5,7,9-10H2. The van der Waals surface area contributed by atoms with Gasteiger partial charge in [0.1, 0.15) is 0 Å². The van der Waals surface area contributed by atoms with Gasteiger partial charge in [-0.05, 0) is 49.9 Å². The summed E-state index contributed by atoms with van der Waals surface area (Å²) in [6.07, 6.45) is 7.93. The first kappa shape index (κ1) is 13.7. The van der Waals surface area contributed by atoms with Crippen LogP contribution in [-0.2, 0) is 11.3 Å². The number of nitrogens with zero attached hydrogens (tertiary/aromatic N) is 2. The van der Waals surface area contributed by atoms with Gasteiger partial charge in [-0.2, -0.15) is 0 Å². The van der Waals surface area contributed by atoms with Crippen molar-refractivity contribution in [3.8, 4) is 0 Å². The van der Waals surface area contributed by atoms with Crippen LogP contribution < -0.4 is 5.32 Å². The number of halogens is 1. The minimum absolute atomic E-state index is 0.280. The molecule has 1 unspecified atom stereocenters. The maximum Gasteiger partial charge on any atom is 0.222 e. The Balaban J connectivity index is 1.55. The fraction of sp³-hybridized carbons (Fsp3) is 0.692. The minimum atomic E-state index is 0.280. The summed E-state index contributed by atoms with van der Waals surface area (Å²) in [5.41, 5.74) is 0.839. The molecule has 1 aromatic rings. The predicted molar refractivity (Wildman–Crippen MR) is 71.6 cm³/mol. The summed E-state index contributed by atoms with van der Waals surface area (Å²) in [6.45, 7) is 2.46. The van der Waals surface area contributed by atoms with Gasteiger partial charge in [-0.15, -0.1) is 0 Å². The molecule has 4 nitrogen and oxygen atoms in total. The summed E-state index contributed by atoms with van der Waals surface area (Å²) in [5.74, 6) is 0. The fourth-order valence-corrected chi connectivity index (χ4v) is 2.39. The van der Waals surface area contributed by atoms with E-state index in [0.717, 1.165) is 18.7 Å². The molecule has 0 bridgehead atoms. The molecule has 1 aromatic heterocycles. The van der Waals surface area contributed by atoms with Crippen LogP contribution in [0.1, 0.15) is 37.8 Å². The van der Waals surface area contributed by atoms with E-state index in [4.69, 9.17) is 16.3 Å². The molecule has 0 aliphatic carbocycles. The molecule has 0 saturated carbocycles. The minimum Gasteiger partial charge on any atom is -0.375 e. The maximum atomic E-state index is 5.70. The van der Waals surface area contributed by atoms with E-state index < -0.39 is 0 Å². The highest BCUT2D eigenvalue weighted by Gasteiger charge is 2.11. The summed E-state index contributed by atoms with van der Waals surface area (Å²) >= 11 is 5.70. The van der Waals surface area contributed by atoms with Crippen LogP contribution >= 0.6 is 11.6 Å². The summed E-state index contributed by atoms with van der Waals surface area (Å²) < 4.78 is 5.59. The predicted octanol–water partition coefficient (Wildman–Crippen LogP) is 2.57. The van der Waals surface area contributed by atoms with Crippen molar-refractivity contribution in [3.05, 3.63) is 23.2 Å². The SMILES string of the molecule is Clc1nccc(COCCCC2CCCCN2)n1. The molecule has 0 amide bonds. The van der Waals surface area contributed by atoms with E-state index in [0.29, 0.717) is 12.6 Å². The third-order valence-corrected chi connectivity index (χ3v) is 3.37. The van der Waals surface area contributed by atoms with Gasteiger partial charge in [-0.25, -0.2) is 9.97 Å². The molecular weight excluding hydrogens is 250 g/mol. The molecule has 5 heteroatoms. The highest BCUT2D eigenvalue weighted by Crippen LogP contribution is 2.12. The van der Waals surface area contributed by atoms with Gasteiger partial charge in [0.15, 0.2) is 0 Å². The first-order valence-corrected chi connectivity index (χ1v) is 7.01. The summed E-state index contributed by atoms with van der Waals surface area (Å²) in [7, 11) is 0. The van der Waals surface area contributed by atoms with Crippen molar-refractivity contribution in [2.75, 3.05) is 13.2 Å². The van der Waals surface area contributed by atoms with Crippen LogP contribution in [0.15, 0.2) is 12.3 Å². The van der Waals surface area contributed by atoms with Crippen LogP contribution in [-0.4, -0.2) is 29.2 Å². The van der Waals surface area contributed by atoms with E-state index in [2.05, 4.69) is 15.3 Å². The molecule has 0 aromatic carbocycles. The van der Waals surface area contributed by atoms with Crippen molar-refractivity contribution in [2.45, 2.75) is 44.8 Å². The maximum absolute atomic E-state index is 5.70. The van der Waals surface area contributed by atoms with Gasteiger partial charge >= 0.3 is 0 Å². The van der Waals surface area contributed by atoms with Crippen LogP contribution in [0.25, 0.3) is 0 Å². The van der Waals surface area contributed by atoms with E-state index in [1.807, 2.05) is 6.07 Å². The second kappa shape index (κ2) is 7.67. The van der Waals surface area contributed by atoms with Crippen molar-refractivity contribution < 1.29 is 4.74 Å². The van der Waals surface area contributed by atoms with Crippen LogP contribution in [0.2, 0.25) is 5.28 Å². The molecule has 0 spiro atoms. The first-order chi connectivity index (χ1) is 8.84. The summed E-state index contributed by atoms with van der Waals surface area (Å²) in [4.78, 5) is 7.91. The average molecular weight is 270 g/mol. The lowest BCUT2D eigenvalue weighted by Gasteiger charge is -2.23. The number of nitrogens with one attached hydrogen (secondary N) is 1. The normalized spacial score (nSPS) is 19.9. The Morgan fingerprint density at radius 3 is 3.17 bits per heavy atom. The molecule has 0 radical (unpaired) electrons. The van der Waals surface area contributed by atoms with Gasteiger partial charge in [0.05, 0.1) is 12.3 Å². The van der Waals surface area contributed by atoms with Gasteiger partial charge in [0.2, 0.25) is 5.28 Å². The molecule has 100 valence electrons. The van der Waals surface area contributed by atoms with Crippen LogP contribution in [0.3, 0.4) is 0 Å². The van der Waals surface area contributed by atoms with E-state index in [1.54, 1.807) is 6.20 Å². The second-order valence-corrected chi connectivity index (χ2v) is 5.00. The van der Waals surface area contributed by atoms with E-state index in [1.165, 1.54) is 32.2 Å². The summed E-state index contributed by atoms with van der Waals surface area (Å²) in [6, 6.07) is 2.52. The third kappa shape index (κ3) is 4.88. The number of ether oxygens (including phenoxy) is 1. The second-order valence-electron chi connectivity index (χ2n) is 4.66. The zero-order valence-corrected chi connectivity index (χ0v) is 11.3. The fourth-order valence-electron chi connectivity index (χ4n) is 2.23. The number of hydrogen-bond donors (Lipinski definition) is 1. The molecule has 2 heterocycles. The Morgan fingerprint density at radius 2 is 2.39 bits per heavy atom. The number of rotatable bonds is 6. The Labute approximate surface area is 113 Å². The highest BCUT2D eigenvalue weighted by molar-refractivity contribution is 6.28. The van der Waals surface area contributed by atoms with E-state index in [-0.39, 0.29) is 5.28 Å². The molecule has 1 aliphatic rings. The number of hydrogen-bond acceptors (Lipinski definition) is 4. The Bertz CT molecular complexity index is 356. The van der Waals surface area contributed by atoms with E-state index >= 15 is 0 Å². The molecule has 1 atom stereocenters. The van der Waals surface area contributed by atoms with Crippen molar-refractivity contribution in [3.63, 3.8) is 0 Å². The van der Waals surface area contributed by atoms with E-state index in [9.17, 15) is 0 Å². The number of piperidine rings is 1. The Kier molecular flexibility index (Phi) is 5.84. The number of aromatic nitrogens is 2. The molecule has 18 heavy (non-hydrogen) atoms. The van der Waals surface area contributed by atoms with Gasteiger partial charge in [-0.3, -0.25) is 0 Å².